The molecule has 2 aromatic rings. The van der Waals surface area contributed by atoms with Crippen molar-refractivity contribution in [3.8, 4) is 6.07 Å². The zero-order valence-corrected chi connectivity index (χ0v) is 12.9. The van der Waals surface area contributed by atoms with E-state index in [2.05, 4.69) is 10.5 Å². The summed E-state index contributed by atoms with van der Waals surface area (Å²) in [4.78, 5) is 25.2. The summed E-state index contributed by atoms with van der Waals surface area (Å²) < 4.78 is 4.86. The molecule has 0 bridgehead atoms. The highest BCUT2D eigenvalue weighted by atomic mass is 16.5. The van der Waals surface area contributed by atoms with Crippen molar-refractivity contribution in [3.63, 3.8) is 0 Å². The Labute approximate surface area is 133 Å². The van der Waals surface area contributed by atoms with Gasteiger partial charge in [-0.1, -0.05) is 11.2 Å². The van der Waals surface area contributed by atoms with Crippen LogP contribution in [-0.4, -0.2) is 23.5 Å². The zero-order valence-electron chi connectivity index (χ0n) is 12.9. The Kier molecular flexibility index (Phi) is 5.10. The molecule has 7 nitrogen and oxygen atoms in total. The van der Waals surface area contributed by atoms with Gasteiger partial charge in [0.15, 0.2) is 5.82 Å². The lowest BCUT2D eigenvalue weighted by Crippen LogP contribution is -2.32. The third-order valence-electron chi connectivity index (χ3n) is 3.12. The lowest BCUT2D eigenvalue weighted by Gasteiger charge is -2.21. The van der Waals surface area contributed by atoms with Gasteiger partial charge in [0.1, 0.15) is 5.76 Å². The molecule has 1 aromatic carbocycles. The first-order valence-electron chi connectivity index (χ1n) is 7.01. The highest BCUT2D eigenvalue weighted by molar-refractivity contribution is 5.94. The Balaban J connectivity index is 2.01. The first-order chi connectivity index (χ1) is 11.0. The van der Waals surface area contributed by atoms with Gasteiger partial charge in [-0.2, -0.15) is 5.26 Å². The summed E-state index contributed by atoms with van der Waals surface area (Å²) in [7, 11) is 0. The molecule has 0 radical (unpaired) electrons. The maximum Gasteiger partial charge on any atom is 0.227 e. The molecule has 0 atom stereocenters. The first-order valence-corrected chi connectivity index (χ1v) is 7.01. The lowest BCUT2D eigenvalue weighted by atomic mass is 10.2. The number of nitriles is 1. The maximum atomic E-state index is 11.9. The quantitative estimate of drug-likeness (QED) is 0.912. The first kappa shape index (κ1) is 16.2. The van der Waals surface area contributed by atoms with Crippen LogP contribution in [0.5, 0.6) is 0 Å². The Morgan fingerprint density at radius 1 is 1.39 bits per heavy atom. The van der Waals surface area contributed by atoms with E-state index in [1.54, 1.807) is 37.3 Å². The molecule has 1 aromatic heterocycles. The van der Waals surface area contributed by atoms with Gasteiger partial charge < -0.3 is 14.7 Å². The van der Waals surface area contributed by atoms with Gasteiger partial charge in [0.25, 0.3) is 0 Å². The Morgan fingerprint density at radius 3 is 2.78 bits per heavy atom. The highest BCUT2D eigenvalue weighted by Crippen LogP contribution is 2.17. The molecule has 0 saturated heterocycles. The number of nitrogens with one attached hydrogen (secondary N) is 1. The van der Waals surface area contributed by atoms with E-state index in [1.165, 1.54) is 11.8 Å². The van der Waals surface area contributed by atoms with Crippen molar-refractivity contribution in [1.82, 2.24) is 5.16 Å². The number of hydrogen-bond acceptors (Lipinski definition) is 5. The smallest absolute Gasteiger partial charge is 0.227 e. The molecule has 2 rings (SSSR count). The van der Waals surface area contributed by atoms with Gasteiger partial charge in [-0.15, -0.1) is 0 Å². The van der Waals surface area contributed by atoms with Gasteiger partial charge in [-0.3, -0.25) is 9.59 Å². The molecule has 0 spiro atoms. The summed E-state index contributed by atoms with van der Waals surface area (Å²) in [6, 6.07) is 10.3. The van der Waals surface area contributed by atoms with E-state index in [-0.39, 0.29) is 24.8 Å². The summed E-state index contributed by atoms with van der Waals surface area (Å²) >= 11 is 0. The molecule has 1 heterocycles. The van der Waals surface area contributed by atoms with Gasteiger partial charge in [0.2, 0.25) is 11.8 Å². The van der Waals surface area contributed by atoms with Crippen LogP contribution in [0.4, 0.5) is 11.5 Å². The average molecular weight is 312 g/mol. The van der Waals surface area contributed by atoms with Crippen LogP contribution in [0.25, 0.3) is 0 Å². The topological polar surface area (TPSA) is 99.2 Å². The number of amides is 2. The third-order valence-corrected chi connectivity index (χ3v) is 3.12. The molecule has 0 fully saturated rings. The van der Waals surface area contributed by atoms with Crippen LogP contribution in [-0.2, 0) is 9.59 Å². The molecule has 0 aliphatic carbocycles. The molecule has 0 saturated carbocycles. The van der Waals surface area contributed by atoms with Crippen molar-refractivity contribution in [2.45, 2.75) is 20.3 Å². The van der Waals surface area contributed by atoms with E-state index < -0.39 is 0 Å². The van der Waals surface area contributed by atoms with E-state index in [0.717, 1.165) is 0 Å². The van der Waals surface area contributed by atoms with Crippen molar-refractivity contribution in [2.24, 2.45) is 0 Å². The van der Waals surface area contributed by atoms with E-state index in [4.69, 9.17) is 9.78 Å². The fraction of sp³-hybridized carbons (Fsp3) is 0.250. The lowest BCUT2D eigenvalue weighted by molar-refractivity contribution is -0.117. The van der Waals surface area contributed by atoms with E-state index in [1.807, 2.05) is 6.07 Å². The number of carbonyl (C=O) groups is 2. The average Bonchev–Trinajstić information content (AvgIpc) is 2.92. The van der Waals surface area contributed by atoms with Crippen LogP contribution >= 0.6 is 0 Å². The minimum Gasteiger partial charge on any atom is -0.360 e. The molecular weight excluding hydrogens is 296 g/mol. The Bertz CT molecular complexity index is 761. The molecule has 0 unspecified atom stereocenters. The maximum absolute atomic E-state index is 11.9. The van der Waals surface area contributed by atoms with Crippen LogP contribution in [0.2, 0.25) is 0 Å². The summed E-state index contributed by atoms with van der Waals surface area (Å²) in [6.45, 7) is 3.34. The molecule has 0 aliphatic heterocycles. The van der Waals surface area contributed by atoms with Crippen molar-refractivity contribution < 1.29 is 14.1 Å². The molecule has 7 heteroatoms. The summed E-state index contributed by atoms with van der Waals surface area (Å²) in [5.41, 5.74) is 1.04. The number of carbonyl (C=O) groups excluding carboxylic acids is 2. The number of aryl methyl sites for hydroxylation is 1. The zero-order chi connectivity index (χ0) is 16.8. The van der Waals surface area contributed by atoms with Crippen LogP contribution in [0.3, 0.4) is 0 Å². The summed E-state index contributed by atoms with van der Waals surface area (Å²) in [5.74, 6) is 0.457. The molecule has 2 amide bonds. The largest absolute Gasteiger partial charge is 0.360 e. The molecule has 0 aliphatic rings. The second-order valence-corrected chi connectivity index (χ2v) is 4.95. The number of nitrogens with zero attached hydrogens (tertiary/aromatic N) is 3. The van der Waals surface area contributed by atoms with Crippen LogP contribution in [0, 0.1) is 18.3 Å². The third kappa shape index (κ3) is 4.41. The van der Waals surface area contributed by atoms with Gasteiger partial charge in [-0.25, -0.2) is 0 Å². The van der Waals surface area contributed by atoms with Crippen molar-refractivity contribution in [3.05, 3.63) is 41.7 Å². The van der Waals surface area contributed by atoms with E-state index in [0.29, 0.717) is 22.8 Å². The number of benzene rings is 1. The number of hydrogen-bond donors (Lipinski definition) is 1. The van der Waals surface area contributed by atoms with Crippen LogP contribution in [0.1, 0.15) is 24.7 Å². The predicted molar refractivity (Wildman–Crippen MR) is 83.7 cm³/mol. The Morgan fingerprint density at radius 2 is 2.17 bits per heavy atom. The molecule has 1 N–H and O–H groups in total. The SMILES string of the molecule is CC(=O)N(CCC(=O)Nc1cc(C)on1)c1cccc(C#N)c1. The monoisotopic (exact) mass is 312 g/mol. The minimum atomic E-state index is -0.277. The fourth-order valence-electron chi connectivity index (χ4n) is 2.06. The van der Waals surface area contributed by atoms with Gasteiger partial charge in [-0.05, 0) is 25.1 Å². The molecular formula is C16H16N4O3. The predicted octanol–water partition coefficient (Wildman–Crippen LogP) is 2.24. The Hall–Kier alpha value is -3.14. The second kappa shape index (κ2) is 7.22. The normalized spacial score (nSPS) is 9.96. The molecule has 118 valence electrons. The number of anilines is 2. The summed E-state index contributed by atoms with van der Waals surface area (Å²) in [5, 5.41) is 15.2. The highest BCUT2D eigenvalue weighted by Gasteiger charge is 2.14. The summed E-state index contributed by atoms with van der Waals surface area (Å²) in [6.07, 6.45) is 0.0995. The van der Waals surface area contributed by atoms with Crippen molar-refractivity contribution in [1.29, 1.82) is 5.26 Å². The fourth-order valence-corrected chi connectivity index (χ4v) is 2.06. The van der Waals surface area contributed by atoms with Crippen molar-refractivity contribution in [2.75, 3.05) is 16.8 Å². The standard InChI is InChI=1S/C16H16N4O3/c1-11-8-15(19-23-11)18-16(22)6-7-20(12(2)21)14-5-3-4-13(9-14)10-17/h3-5,8-9H,6-7H2,1-2H3,(H,18,19,22). The van der Waals surface area contributed by atoms with Gasteiger partial charge >= 0.3 is 0 Å². The van der Waals surface area contributed by atoms with Crippen LogP contribution < -0.4 is 10.2 Å². The van der Waals surface area contributed by atoms with Crippen LogP contribution in [0.15, 0.2) is 34.9 Å². The molecule has 23 heavy (non-hydrogen) atoms. The van der Waals surface area contributed by atoms with Gasteiger partial charge in [0.05, 0.1) is 11.6 Å². The van der Waals surface area contributed by atoms with E-state index >= 15 is 0 Å². The van der Waals surface area contributed by atoms with Crippen molar-refractivity contribution >= 4 is 23.3 Å². The number of aromatic nitrogens is 1. The van der Waals surface area contributed by atoms with E-state index in [9.17, 15) is 9.59 Å². The number of rotatable bonds is 5. The van der Waals surface area contributed by atoms with Gasteiger partial charge in [0, 0.05) is 31.6 Å². The second-order valence-electron chi connectivity index (χ2n) is 4.95. The minimum absolute atomic E-state index is 0.0995.